The van der Waals surface area contributed by atoms with Crippen molar-refractivity contribution in [1.29, 1.82) is 0 Å². The first-order valence-electron chi connectivity index (χ1n) is 10.4. The van der Waals surface area contributed by atoms with Gasteiger partial charge in [0.2, 0.25) is 0 Å². The molecule has 0 fully saturated rings. The molecule has 0 radical (unpaired) electrons. The van der Waals surface area contributed by atoms with Gasteiger partial charge >= 0.3 is 11.9 Å². The van der Waals surface area contributed by atoms with E-state index in [1.54, 1.807) is 14.2 Å². The molecule has 0 unspecified atom stereocenters. The summed E-state index contributed by atoms with van der Waals surface area (Å²) in [7, 11) is 3.21. The van der Waals surface area contributed by atoms with Crippen LogP contribution in [0.3, 0.4) is 0 Å². The van der Waals surface area contributed by atoms with Gasteiger partial charge in [-0.15, -0.1) is 0 Å². The molecule has 2 heterocycles. The minimum atomic E-state index is 0.474. The normalized spacial score (nSPS) is 10.9. The molecule has 6 heteroatoms. The van der Waals surface area contributed by atoms with E-state index in [0.29, 0.717) is 49.4 Å². The Morgan fingerprint density at radius 1 is 0.645 bits per heavy atom. The fourth-order valence-corrected chi connectivity index (χ4v) is 3.50. The summed E-state index contributed by atoms with van der Waals surface area (Å²) in [6, 6.07) is 20.3. The van der Waals surface area contributed by atoms with Gasteiger partial charge in [-0.25, -0.2) is 9.97 Å². The van der Waals surface area contributed by atoms with Crippen LogP contribution in [-0.2, 0) is 25.7 Å². The molecule has 2 aromatic heterocycles. The third-order valence-electron chi connectivity index (χ3n) is 4.99. The summed E-state index contributed by atoms with van der Waals surface area (Å²) in [4.78, 5) is 9.27. The Labute approximate surface area is 181 Å². The Kier molecular flexibility index (Phi) is 6.67. The van der Waals surface area contributed by atoms with Crippen molar-refractivity contribution in [2.45, 2.75) is 32.1 Å². The van der Waals surface area contributed by atoms with Gasteiger partial charge in [-0.3, -0.25) is 0 Å². The molecule has 0 bridgehead atoms. The predicted octanol–water partition coefficient (Wildman–Crippen LogP) is 5.04. The van der Waals surface area contributed by atoms with Crippen molar-refractivity contribution >= 4 is 0 Å². The van der Waals surface area contributed by atoms with Crippen LogP contribution in [0, 0.1) is 0 Å². The maximum atomic E-state index is 5.79. The number of hydrogen-bond acceptors (Lipinski definition) is 6. The van der Waals surface area contributed by atoms with Gasteiger partial charge in [-0.05, 0) is 17.5 Å². The molecule has 0 N–H and O–H groups in total. The molecule has 0 saturated heterocycles. The highest BCUT2D eigenvalue weighted by atomic mass is 16.6. The van der Waals surface area contributed by atoms with Crippen molar-refractivity contribution in [3.63, 3.8) is 0 Å². The van der Waals surface area contributed by atoms with Crippen molar-refractivity contribution in [2.75, 3.05) is 14.2 Å². The molecule has 0 spiro atoms. The Hall–Kier alpha value is -3.54. The van der Waals surface area contributed by atoms with Crippen molar-refractivity contribution in [3.05, 3.63) is 95.0 Å². The van der Waals surface area contributed by atoms with Gasteiger partial charge in [0.1, 0.15) is 11.4 Å². The number of methoxy groups -OCH3 is 2. The number of ether oxygens (including phenoxy) is 2. The van der Waals surface area contributed by atoms with Crippen molar-refractivity contribution in [2.24, 2.45) is 0 Å². The lowest BCUT2D eigenvalue weighted by Crippen LogP contribution is -1.94. The molecule has 0 aliphatic rings. The van der Waals surface area contributed by atoms with Crippen LogP contribution < -0.4 is 9.47 Å². The first-order valence-corrected chi connectivity index (χ1v) is 10.4. The van der Waals surface area contributed by atoms with E-state index in [4.69, 9.17) is 18.3 Å². The van der Waals surface area contributed by atoms with E-state index in [0.717, 1.165) is 17.8 Å². The summed E-state index contributed by atoms with van der Waals surface area (Å²) in [5.74, 6) is 2.26. The molecule has 0 amide bonds. The van der Waals surface area contributed by atoms with Gasteiger partial charge in [0.25, 0.3) is 0 Å². The first kappa shape index (κ1) is 20.7. The summed E-state index contributed by atoms with van der Waals surface area (Å²) in [6.45, 7) is 0. The molecule has 6 nitrogen and oxygen atoms in total. The second-order valence-corrected chi connectivity index (χ2v) is 7.27. The van der Waals surface area contributed by atoms with E-state index in [1.807, 2.05) is 36.4 Å². The molecule has 2 aromatic carbocycles. The molecule has 0 aliphatic carbocycles. The second kappa shape index (κ2) is 9.98. The SMILES string of the molecule is COc1oc(CCCc2nc(Cc3ccccc3)c(OC)o2)nc1Cc1ccccc1. The summed E-state index contributed by atoms with van der Waals surface area (Å²) in [6.07, 6.45) is 3.48. The molecular formula is C25H26N2O4. The lowest BCUT2D eigenvalue weighted by Gasteiger charge is -1.99. The number of hydrogen-bond donors (Lipinski definition) is 0. The fraction of sp³-hybridized carbons (Fsp3) is 0.280. The zero-order valence-corrected chi connectivity index (χ0v) is 17.8. The maximum Gasteiger partial charge on any atom is 0.308 e. The highest BCUT2D eigenvalue weighted by Gasteiger charge is 2.17. The van der Waals surface area contributed by atoms with Crippen LogP contribution in [0.4, 0.5) is 0 Å². The van der Waals surface area contributed by atoms with Crippen LogP contribution in [0.5, 0.6) is 11.9 Å². The fourth-order valence-electron chi connectivity index (χ4n) is 3.50. The number of aromatic nitrogens is 2. The van der Waals surface area contributed by atoms with Crippen molar-refractivity contribution < 1.29 is 18.3 Å². The Morgan fingerprint density at radius 3 is 1.45 bits per heavy atom. The van der Waals surface area contributed by atoms with Crippen LogP contribution in [0.15, 0.2) is 69.5 Å². The summed E-state index contributed by atoms with van der Waals surface area (Å²) < 4.78 is 22.3. The smallest absolute Gasteiger partial charge is 0.308 e. The zero-order chi connectivity index (χ0) is 21.5. The third-order valence-corrected chi connectivity index (χ3v) is 4.99. The van der Waals surface area contributed by atoms with E-state index in [2.05, 4.69) is 34.2 Å². The molecule has 4 aromatic rings. The molecule has 0 aliphatic heterocycles. The molecule has 160 valence electrons. The summed E-state index contributed by atoms with van der Waals surface area (Å²) in [5, 5.41) is 0. The van der Waals surface area contributed by atoms with Crippen LogP contribution in [-0.4, -0.2) is 24.2 Å². The average molecular weight is 418 g/mol. The van der Waals surface area contributed by atoms with E-state index >= 15 is 0 Å². The lowest BCUT2D eigenvalue weighted by molar-refractivity contribution is 0.285. The number of nitrogens with zero attached hydrogens (tertiary/aromatic N) is 2. The Morgan fingerprint density at radius 2 is 1.06 bits per heavy atom. The van der Waals surface area contributed by atoms with Gasteiger partial charge in [0.15, 0.2) is 11.8 Å². The van der Waals surface area contributed by atoms with Gasteiger partial charge in [-0.1, -0.05) is 60.7 Å². The summed E-state index contributed by atoms with van der Waals surface area (Å²) in [5.41, 5.74) is 3.95. The quantitative estimate of drug-likeness (QED) is 0.359. The van der Waals surface area contributed by atoms with Crippen molar-refractivity contribution in [1.82, 2.24) is 9.97 Å². The molecule has 4 rings (SSSR count). The highest BCUT2D eigenvalue weighted by molar-refractivity contribution is 5.27. The van der Waals surface area contributed by atoms with Crippen molar-refractivity contribution in [3.8, 4) is 11.9 Å². The Bertz CT molecular complexity index is 1000. The summed E-state index contributed by atoms with van der Waals surface area (Å²) >= 11 is 0. The van der Waals surface area contributed by atoms with E-state index in [9.17, 15) is 0 Å². The van der Waals surface area contributed by atoms with Gasteiger partial charge in [0.05, 0.1) is 14.2 Å². The van der Waals surface area contributed by atoms with Crippen LogP contribution >= 0.6 is 0 Å². The minimum Gasteiger partial charge on any atom is -0.467 e. The first-order chi connectivity index (χ1) is 15.2. The molecular weight excluding hydrogens is 392 g/mol. The van der Waals surface area contributed by atoms with Gasteiger partial charge < -0.3 is 18.3 Å². The van der Waals surface area contributed by atoms with E-state index in [-0.39, 0.29) is 0 Å². The minimum absolute atomic E-state index is 0.474. The number of oxazole rings is 2. The van der Waals surface area contributed by atoms with E-state index < -0.39 is 0 Å². The monoisotopic (exact) mass is 418 g/mol. The largest absolute Gasteiger partial charge is 0.467 e. The van der Waals surface area contributed by atoms with Crippen LogP contribution in [0.1, 0.15) is 40.7 Å². The van der Waals surface area contributed by atoms with Crippen LogP contribution in [0.2, 0.25) is 0 Å². The maximum absolute atomic E-state index is 5.79. The standard InChI is InChI=1S/C25H26N2O4/c1-28-24-20(16-18-10-5-3-6-11-18)26-22(30-24)14-9-15-23-27-21(25(29-2)31-23)17-19-12-7-4-8-13-19/h3-8,10-13H,9,14-17H2,1-2H3. The van der Waals surface area contributed by atoms with Gasteiger partial charge in [-0.2, -0.15) is 0 Å². The second-order valence-electron chi connectivity index (χ2n) is 7.27. The van der Waals surface area contributed by atoms with Gasteiger partial charge in [0, 0.05) is 25.7 Å². The highest BCUT2D eigenvalue weighted by Crippen LogP contribution is 2.25. The topological polar surface area (TPSA) is 70.5 Å². The molecule has 0 saturated carbocycles. The number of aryl methyl sites for hydroxylation is 2. The molecule has 0 atom stereocenters. The van der Waals surface area contributed by atoms with E-state index in [1.165, 1.54) is 11.1 Å². The number of benzene rings is 2. The lowest BCUT2D eigenvalue weighted by atomic mass is 10.1. The zero-order valence-electron chi connectivity index (χ0n) is 17.8. The predicted molar refractivity (Wildman–Crippen MR) is 117 cm³/mol. The third kappa shape index (κ3) is 5.34. The Balaban J connectivity index is 1.37. The molecule has 31 heavy (non-hydrogen) atoms. The average Bonchev–Trinajstić information content (AvgIpc) is 3.38. The number of rotatable bonds is 10. The van der Waals surface area contributed by atoms with Crippen LogP contribution in [0.25, 0.3) is 0 Å².